The second-order valence-electron chi connectivity index (χ2n) is 6.06. The van der Waals surface area contributed by atoms with Crippen LogP contribution in [0.1, 0.15) is 5.56 Å². The molecule has 2 aliphatic heterocycles. The molecule has 0 aromatic heterocycles. The minimum absolute atomic E-state index is 0.162. The molecule has 1 amide bonds. The lowest BCUT2D eigenvalue weighted by Gasteiger charge is -2.30. The van der Waals surface area contributed by atoms with Crippen LogP contribution in [0.3, 0.4) is 0 Å². The average Bonchev–Trinajstić information content (AvgIpc) is 2.69. The van der Waals surface area contributed by atoms with E-state index in [1.807, 2.05) is 29.2 Å². The fourth-order valence-corrected chi connectivity index (χ4v) is 3.37. The van der Waals surface area contributed by atoms with Gasteiger partial charge in [0.2, 0.25) is 5.91 Å². The Morgan fingerprint density at radius 2 is 2.10 bits per heavy atom. The van der Waals surface area contributed by atoms with E-state index in [0.717, 1.165) is 31.8 Å². The lowest BCUT2D eigenvalue weighted by molar-refractivity contribution is -0.132. The number of halogens is 1. The quantitative estimate of drug-likeness (QED) is 0.833. The number of hydrogen-bond acceptors (Lipinski definition) is 3. The Morgan fingerprint density at radius 1 is 1.29 bits per heavy atom. The molecule has 2 fully saturated rings. The van der Waals surface area contributed by atoms with Crippen molar-refractivity contribution in [2.24, 2.45) is 5.92 Å². The predicted molar refractivity (Wildman–Crippen MR) is 82.5 cm³/mol. The van der Waals surface area contributed by atoms with Gasteiger partial charge < -0.3 is 9.64 Å². The summed E-state index contributed by atoms with van der Waals surface area (Å²) in [5, 5.41) is 0.668. The summed E-state index contributed by atoms with van der Waals surface area (Å²) >= 11 is 6.16. The van der Waals surface area contributed by atoms with Crippen LogP contribution in [0.25, 0.3) is 0 Å². The summed E-state index contributed by atoms with van der Waals surface area (Å²) in [5.41, 5.74) is 0.906. The van der Waals surface area contributed by atoms with E-state index >= 15 is 0 Å². The van der Waals surface area contributed by atoms with E-state index in [-0.39, 0.29) is 5.91 Å². The average molecular weight is 309 g/mol. The smallest absolute Gasteiger partial charge is 0.227 e. The zero-order chi connectivity index (χ0) is 14.8. The lowest BCUT2D eigenvalue weighted by atomic mass is 10.1. The van der Waals surface area contributed by atoms with Crippen molar-refractivity contribution >= 4 is 17.5 Å². The number of carbonyl (C=O) groups is 1. The van der Waals surface area contributed by atoms with Gasteiger partial charge in [-0.25, -0.2) is 0 Å². The highest BCUT2D eigenvalue weighted by atomic mass is 35.5. The van der Waals surface area contributed by atoms with Gasteiger partial charge in [0.1, 0.15) is 0 Å². The Balaban J connectivity index is 1.71. The van der Waals surface area contributed by atoms with E-state index in [0.29, 0.717) is 30.0 Å². The lowest BCUT2D eigenvalue weighted by Crippen LogP contribution is -2.45. The maximum atomic E-state index is 12.6. The number of fused-ring (bicyclic) bond motifs is 3. The molecule has 0 N–H and O–H groups in total. The molecular weight excluding hydrogens is 288 g/mol. The van der Waals surface area contributed by atoms with Crippen LogP contribution >= 0.6 is 11.6 Å². The van der Waals surface area contributed by atoms with E-state index in [2.05, 4.69) is 11.9 Å². The maximum absolute atomic E-state index is 12.6. The van der Waals surface area contributed by atoms with Gasteiger partial charge in [-0.3, -0.25) is 9.69 Å². The molecule has 4 nitrogen and oxygen atoms in total. The fourth-order valence-electron chi connectivity index (χ4n) is 3.17. The molecule has 2 heterocycles. The Kier molecular flexibility index (Phi) is 4.48. The van der Waals surface area contributed by atoms with Gasteiger partial charge in [0.15, 0.2) is 0 Å². The van der Waals surface area contributed by atoms with Crippen molar-refractivity contribution < 1.29 is 9.53 Å². The van der Waals surface area contributed by atoms with Crippen molar-refractivity contribution in [3.8, 4) is 0 Å². The second-order valence-corrected chi connectivity index (χ2v) is 6.47. The third-order valence-corrected chi connectivity index (χ3v) is 4.76. The van der Waals surface area contributed by atoms with Gasteiger partial charge in [0.25, 0.3) is 0 Å². The summed E-state index contributed by atoms with van der Waals surface area (Å²) in [6, 6.07) is 7.87. The fraction of sp³-hybridized carbons (Fsp3) is 0.562. The van der Waals surface area contributed by atoms with Gasteiger partial charge in [0.05, 0.1) is 25.7 Å². The molecular formula is C16H21ClN2O2. The molecule has 0 unspecified atom stereocenters. The Hall–Kier alpha value is -1.10. The van der Waals surface area contributed by atoms with E-state index in [9.17, 15) is 4.79 Å². The van der Waals surface area contributed by atoms with Crippen LogP contribution in [0.15, 0.2) is 24.3 Å². The molecule has 0 saturated carbocycles. The number of benzene rings is 1. The summed E-state index contributed by atoms with van der Waals surface area (Å²) < 4.78 is 5.70. The normalized spacial score (nSPS) is 26.5. The standard InChI is InChI=1S/C16H21ClN2O2/c1-18-7-12-8-19(9-14(18)11-21-10-12)16(20)6-13-4-2-3-5-15(13)17/h2-5,12,14H,6-11H2,1H3/t12-,14+/m1/s1. The summed E-state index contributed by atoms with van der Waals surface area (Å²) in [7, 11) is 2.12. The molecule has 0 aliphatic carbocycles. The van der Waals surface area contributed by atoms with Crippen LogP contribution in [0.5, 0.6) is 0 Å². The summed E-state index contributed by atoms with van der Waals surface area (Å²) in [4.78, 5) is 16.9. The molecule has 2 bridgehead atoms. The first kappa shape index (κ1) is 14.8. The van der Waals surface area contributed by atoms with Crippen molar-refractivity contribution in [3.63, 3.8) is 0 Å². The molecule has 1 aromatic carbocycles. The number of hydrogen-bond donors (Lipinski definition) is 0. The van der Waals surface area contributed by atoms with Crippen LogP contribution in [0, 0.1) is 5.92 Å². The number of nitrogens with zero attached hydrogens (tertiary/aromatic N) is 2. The first-order valence-electron chi connectivity index (χ1n) is 7.42. The molecule has 2 saturated heterocycles. The molecule has 1 aromatic rings. The highest BCUT2D eigenvalue weighted by Gasteiger charge is 2.33. The molecule has 114 valence electrons. The first-order chi connectivity index (χ1) is 10.1. The van der Waals surface area contributed by atoms with E-state index < -0.39 is 0 Å². The van der Waals surface area contributed by atoms with Crippen LogP contribution in [-0.2, 0) is 16.0 Å². The number of carbonyl (C=O) groups excluding carboxylic acids is 1. The van der Waals surface area contributed by atoms with Crippen molar-refractivity contribution in [1.29, 1.82) is 0 Å². The van der Waals surface area contributed by atoms with Crippen LogP contribution in [0.2, 0.25) is 5.02 Å². The molecule has 0 spiro atoms. The van der Waals surface area contributed by atoms with E-state index in [1.54, 1.807) is 0 Å². The topological polar surface area (TPSA) is 32.8 Å². The van der Waals surface area contributed by atoms with Gasteiger partial charge in [0, 0.05) is 30.6 Å². The third-order valence-electron chi connectivity index (χ3n) is 4.40. The summed E-state index contributed by atoms with van der Waals surface area (Å²) in [6.45, 7) is 3.99. The van der Waals surface area contributed by atoms with E-state index in [1.165, 1.54) is 0 Å². The molecule has 0 radical (unpaired) electrons. The Bertz CT molecular complexity index is 523. The highest BCUT2D eigenvalue weighted by Crippen LogP contribution is 2.21. The van der Waals surface area contributed by atoms with Gasteiger partial charge in [-0.05, 0) is 18.7 Å². The van der Waals surface area contributed by atoms with Crippen molar-refractivity contribution in [3.05, 3.63) is 34.9 Å². The Labute approximate surface area is 130 Å². The number of amides is 1. The number of ether oxygens (including phenoxy) is 1. The largest absolute Gasteiger partial charge is 0.379 e. The highest BCUT2D eigenvalue weighted by molar-refractivity contribution is 6.31. The van der Waals surface area contributed by atoms with Crippen molar-refractivity contribution in [2.45, 2.75) is 12.5 Å². The summed E-state index contributed by atoms with van der Waals surface area (Å²) in [5.74, 6) is 0.563. The van der Waals surface area contributed by atoms with Gasteiger partial charge >= 0.3 is 0 Å². The zero-order valence-electron chi connectivity index (χ0n) is 12.3. The maximum Gasteiger partial charge on any atom is 0.227 e. The zero-order valence-corrected chi connectivity index (χ0v) is 13.1. The number of rotatable bonds is 2. The van der Waals surface area contributed by atoms with Crippen molar-refractivity contribution in [2.75, 3.05) is 39.9 Å². The van der Waals surface area contributed by atoms with Gasteiger partial charge in [-0.2, -0.15) is 0 Å². The minimum atomic E-state index is 0.162. The van der Waals surface area contributed by atoms with Gasteiger partial charge in [-0.15, -0.1) is 0 Å². The molecule has 5 heteroatoms. The molecule has 2 aliphatic rings. The summed E-state index contributed by atoms with van der Waals surface area (Å²) in [6.07, 6.45) is 0.379. The second kappa shape index (κ2) is 6.34. The monoisotopic (exact) mass is 308 g/mol. The SMILES string of the molecule is CN1C[C@H]2COC[C@@H]1CN(C(=O)Cc1ccccc1Cl)C2. The van der Waals surface area contributed by atoms with Crippen LogP contribution in [0.4, 0.5) is 0 Å². The minimum Gasteiger partial charge on any atom is -0.379 e. The first-order valence-corrected chi connectivity index (χ1v) is 7.80. The Morgan fingerprint density at radius 3 is 2.90 bits per heavy atom. The number of likely N-dealkylation sites (N-methyl/N-ethyl adjacent to an activating group) is 1. The molecule has 21 heavy (non-hydrogen) atoms. The predicted octanol–water partition coefficient (Wildman–Crippen LogP) is 1.67. The van der Waals surface area contributed by atoms with Crippen LogP contribution < -0.4 is 0 Å². The molecule has 3 rings (SSSR count). The van der Waals surface area contributed by atoms with Crippen molar-refractivity contribution in [1.82, 2.24) is 9.80 Å². The van der Waals surface area contributed by atoms with E-state index in [4.69, 9.17) is 16.3 Å². The molecule has 2 atom stereocenters. The third kappa shape index (κ3) is 3.39. The van der Waals surface area contributed by atoms with Gasteiger partial charge in [-0.1, -0.05) is 29.8 Å². The van der Waals surface area contributed by atoms with Crippen LogP contribution in [-0.4, -0.2) is 61.6 Å².